The van der Waals surface area contributed by atoms with Crippen LogP contribution in [-0.4, -0.2) is 50.7 Å². The number of para-hydroxylation sites is 1. The molecule has 1 unspecified atom stereocenters. The monoisotopic (exact) mass is 409 g/mol. The Hall–Kier alpha value is -3.35. The lowest BCUT2D eigenvalue weighted by Gasteiger charge is -2.21. The molecule has 1 aliphatic heterocycles. The summed E-state index contributed by atoms with van der Waals surface area (Å²) in [5.41, 5.74) is 1.83. The van der Waals surface area contributed by atoms with Crippen LogP contribution in [0.15, 0.2) is 53.7 Å². The number of carbonyl (C=O) groups excluding carboxylic acids is 1. The van der Waals surface area contributed by atoms with Crippen molar-refractivity contribution in [2.75, 3.05) is 38.8 Å². The van der Waals surface area contributed by atoms with Gasteiger partial charge in [-0.25, -0.2) is 4.98 Å². The molecule has 0 fully saturated rings. The summed E-state index contributed by atoms with van der Waals surface area (Å²) in [4.78, 5) is 22.4. The van der Waals surface area contributed by atoms with Gasteiger partial charge in [-0.3, -0.25) is 9.79 Å². The fourth-order valence-corrected chi connectivity index (χ4v) is 3.13. The van der Waals surface area contributed by atoms with E-state index in [1.165, 1.54) is 0 Å². The molecule has 1 aromatic heterocycles. The quantitative estimate of drug-likeness (QED) is 0.651. The molecule has 2 heterocycles. The first kappa shape index (κ1) is 21.4. The largest absolute Gasteiger partial charge is 0.496 e. The third-order valence-corrected chi connectivity index (χ3v) is 4.60. The average molecular weight is 409 g/mol. The molecule has 3 rings (SSSR count). The van der Waals surface area contributed by atoms with Gasteiger partial charge in [0.25, 0.3) is 0 Å². The molecule has 0 spiro atoms. The Morgan fingerprint density at radius 1 is 1.23 bits per heavy atom. The van der Waals surface area contributed by atoms with Crippen LogP contribution in [0.2, 0.25) is 0 Å². The summed E-state index contributed by atoms with van der Waals surface area (Å²) in [5, 5.41) is 0. The van der Waals surface area contributed by atoms with Crippen LogP contribution in [0.5, 0.6) is 11.5 Å². The van der Waals surface area contributed by atoms with Crippen LogP contribution in [0.3, 0.4) is 0 Å². The lowest BCUT2D eigenvalue weighted by atomic mass is 9.97. The van der Waals surface area contributed by atoms with Crippen molar-refractivity contribution in [1.82, 2.24) is 4.98 Å². The zero-order valence-electron chi connectivity index (χ0n) is 17.8. The molecule has 0 radical (unpaired) electrons. The molecule has 30 heavy (non-hydrogen) atoms. The summed E-state index contributed by atoms with van der Waals surface area (Å²) in [6.07, 6.45) is 3.77. The number of pyridine rings is 1. The van der Waals surface area contributed by atoms with Crippen molar-refractivity contribution in [1.29, 1.82) is 0 Å². The Labute approximate surface area is 177 Å². The van der Waals surface area contributed by atoms with Crippen LogP contribution < -0.4 is 14.4 Å². The summed E-state index contributed by atoms with van der Waals surface area (Å²) in [5.74, 6) is 2.52. The minimum atomic E-state index is -0.292. The lowest BCUT2D eigenvalue weighted by Crippen LogP contribution is -2.27. The first-order valence-electron chi connectivity index (χ1n) is 9.92. The number of esters is 1. The third-order valence-electron chi connectivity index (χ3n) is 4.60. The zero-order chi connectivity index (χ0) is 21.5. The molecule has 1 aromatic carbocycles. The number of rotatable bonds is 7. The van der Waals surface area contributed by atoms with E-state index in [0.29, 0.717) is 36.5 Å². The van der Waals surface area contributed by atoms with E-state index >= 15 is 0 Å². The highest BCUT2D eigenvalue weighted by molar-refractivity contribution is 6.21. The molecular formula is C23H27N3O4. The molecule has 0 N–H and O–H groups in total. The summed E-state index contributed by atoms with van der Waals surface area (Å²) in [7, 11) is 3.44. The van der Waals surface area contributed by atoms with Crippen LogP contribution in [-0.2, 0) is 9.53 Å². The van der Waals surface area contributed by atoms with Gasteiger partial charge in [-0.15, -0.1) is 0 Å². The standard InChI is InChI=1S/C23H27N3O4/c1-5-29-22(27)15-26(3)21-11-10-17(14-24-21)30-23-19(12-16(2)13-25-23)18-8-6-7-9-20(18)28-4/h6-12,14,16H,5,13,15H2,1-4H3. The predicted octanol–water partition coefficient (Wildman–Crippen LogP) is 3.60. The lowest BCUT2D eigenvalue weighted by molar-refractivity contribution is -0.141. The molecule has 2 aromatic rings. The van der Waals surface area contributed by atoms with E-state index in [-0.39, 0.29) is 12.5 Å². The summed E-state index contributed by atoms with van der Waals surface area (Å²) in [6.45, 7) is 5.04. The van der Waals surface area contributed by atoms with Crippen LogP contribution in [0.4, 0.5) is 5.82 Å². The van der Waals surface area contributed by atoms with Crippen molar-refractivity contribution < 1.29 is 19.0 Å². The van der Waals surface area contributed by atoms with E-state index in [1.54, 1.807) is 38.2 Å². The van der Waals surface area contributed by atoms with E-state index in [2.05, 4.69) is 23.0 Å². The van der Waals surface area contributed by atoms with Crippen molar-refractivity contribution in [3.05, 3.63) is 54.2 Å². The number of methoxy groups -OCH3 is 1. The number of ether oxygens (including phenoxy) is 3. The summed E-state index contributed by atoms with van der Waals surface area (Å²) >= 11 is 0. The van der Waals surface area contributed by atoms with Crippen molar-refractivity contribution in [3.63, 3.8) is 0 Å². The van der Waals surface area contributed by atoms with Gasteiger partial charge < -0.3 is 19.1 Å². The number of aliphatic imine (C=N–C) groups is 1. The van der Waals surface area contributed by atoms with Crippen molar-refractivity contribution >= 4 is 23.3 Å². The van der Waals surface area contributed by atoms with Crippen LogP contribution in [0, 0.1) is 5.92 Å². The Morgan fingerprint density at radius 3 is 2.73 bits per heavy atom. The Kier molecular flexibility index (Phi) is 7.06. The van der Waals surface area contributed by atoms with E-state index < -0.39 is 0 Å². The van der Waals surface area contributed by atoms with Gasteiger partial charge in [0.1, 0.15) is 23.9 Å². The third kappa shape index (κ3) is 5.17. The zero-order valence-corrected chi connectivity index (χ0v) is 17.8. The number of nitrogens with zero attached hydrogens (tertiary/aromatic N) is 3. The number of hydrogen-bond donors (Lipinski definition) is 0. The smallest absolute Gasteiger partial charge is 0.325 e. The normalized spacial score (nSPS) is 15.7. The van der Waals surface area contributed by atoms with Gasteiger partial charge in [0.2, 0.25) is 5.90 Å². The Morgan fingerprint density at radius 2 is 2.03 bits per heavy atom. The number of aromatic nitrogens is 1. The number of hydrogen-bond acceptors (Lipinski definition) is 7. The highest BCUT2D eigenvalue weighted by atomic mass is 16.5. The summed E-state index contributed by atoms with van der Waals surface area (Å²) < 4.78 is 16.6. The van der Waals surface area contributed by atoms with Crippen molar-refractivity contribution in [3.8, 4) is 11.5 Å². The van der Waals surface area contributed by atoms with E-state index in [9.17, 15) is 4.79 Å². The van der Waals surface area contributed by atoms with E-state index in [4.69, 9.17) is 14.2 Å². The fraction of sp³-hybridized carbons (Fsp3) is 0.348. The molecule has 7 heteroatoms. The molecule has 1 atom stereocenters. The number of anilines is 1. The minimum Gasteiger partial charge on any atom is -0.496 e. The first-order chi connectivity index (χ1) is 14.5. The van der Waals surface area contributed by atoms with Gasteiger partial charge in [0.05, 0.1) is 19.9 Å². The fourth-order valence-electron chi connectivity index (χ4n) is 3.13. The van der Waals surface area contributed by atoms with Crippen LogP contribution in [0.25, 0.3) is 5.57 Å². The molecule has 0 amide bonds. The van der Waals surface area contributed by atoms with Gasteiger partial charge in [-0.2, -0.15) is 0 Å². The number of carbonyl (C=O) groups is 1. The second-order valence-electron chi connectivity index (χ2n) is 7.02. The molecule has 0 aliphatic carbocycles. The maximum atomic E-state index is 11.7. The number of likely N-dealkylation sites (N-methyl/N-ethyl adjacent to an activating group) is 1. The number of benzene rings is 1. The second-order valence-corrected chi connectivity index (χ2v) is 7.02. The molecule has 0 saturated heterocycles. The predicted molar refractivity (Wildman–Crippen MR) is 117 cm³/mol. The van der Waals surface area contributed by atoms with Gasteiger partial charge >= 0.3 is 5.97 Å². The molecule has 0 bridgehead atoms. The average Bonchev–Trinajstić information content (AvgIpc) is 2.75. The number of dihydropyridines is 1. The second kappa shape index (κ2) is 9.91. The molecule has 7 nitrogen and oxygen atoms in total. The molecule has 158 valence electrons. The van der Waals surface area contributed by atoms with Gasteiger partial charge in [0.15, 0.2) is 0 Å². The first-order valence-corrected chi connectivity index (χ1v) is 9.92. The van der Waals surface area contributed by atoms with E-state index in [0.717, 1.165) is 16.9 Å². The summed E-state index contributed by atoms with van der Waals surface area (Å²) in [6, 6.07) is 11.4. The van der Waals surface area contributed by atoms with E-state index in [1.807, 2.05) is 30.3 Å². The SMILES string of the molecule is CCOC(=O)CN(C)c1ccc(OC2=NCC(C)C=C2c2ccccc2OC)cn1. The highest BCUT2D eigenvalue weighted by Gasteiger charge is 2.21. The molecule has 0 saturated carbocycles. The Bertz CT molecular complexity index is 938. The molecule has 1 aliphatic rings. The van der Waals surface area contributed by atoms with Crippen molar-refractivity contribution in [2.45, 2.75) is 13.8 Å². The van der Waals surface area contributed by atoms with Gasteiger partial charge in [-0.05, 0) is 31.0 Å². The molecular weight excluding hydrogens is 382 g/mol. The topological polar surface area (TPSA) is 73.2 Å². The minimum absolute atomic E-state index is 0.131. The van der Waals surface area contributed by atoms with Crippen LogP contribution >= 0.6 is 0 Å². The van der Waals surface area contributed by atoms with Gasteiger partial charge in [-0.1, -0.05) is 31.2 Å². The Balaban J connectivity index is 1.76. The van der Waals surface area contributed by atoms with Gasteiger partial charge in [0, 0.05) is 24.7 Å². The van der Waals surface area contributed by atoms with Crippen LogP contribution in [0.1, 0.15) is 19.4 Å². The maximum absolute atomic E-state index is 11.7. The maximum Gasteiger partial charge on any atom is 0.325 e. The van der Waals surface area contributed by atoms with Crippen molar-refractivity contribution in [2.24, 2.45) is 10.9 Å². The highest BCUT2D eigenvalue weighted by Crippen LogP contribution is 2.31.